The quantitative estimate of drug-likeness (QED) is 0.190. The second-order valence-electron chi connectivity index (χ2n) is 11.9. The summed E-state index contributed by atoms with van der Waals surface area (Å²) < 4.78 is 21.7. The minimum atomic E-state index is -0.899. The molecule has 8 aromatic rings. The molecule has 214 valence electrons. The van der Waals surface area contributed by atoms with Gasteiger partial charge < -0.3 is 18.5 Å². The Bertz CT molecular complexity index is 2540. The topological polar surface area (TPSA) is 40.9 Å². The number of nitrogens with zero attached hydrogens (tertiary/aromatic N) is 2. The van der Waals surface area contributed by atoms with Gasteiger partial charge in [0.05, 0.1) is 17.6 Å². The number of fused-ring (bicyclic) bond motifs is 9. The Morgan fingerprint density at radius 1 is 0.600 bits per heavy atom. The molecule has 0 N–H and O–H groups in total. The normalized spacial score (nSPS) is 13.6. The molecule has 0 amide bonds. The number of furan rings is 1. The molecule has 0 aliphatic carbocycles. The zero-order chi connectivity index (χ0) is 30.3. The Kier molecular flexibility index (Phi) is 5.24. The van der Waals surface area contributed by atoms with E-state index >= 15 is 0 Å². The van der Waals surface area contributed by atoms with Crippen LogP contribution in [0.5, 0.6) is 11.5 Å². The molecule has 0 fully saturated rings. The number of para-hydroxylation sites is 3. The van der Waals surface area contributed by atoms with Gasteiger partial charge >= 0.3 is 0 Å². The highest BCUT2D eigenvalue weighted by Crippen LogP contribution is 2.47. The maximum atomic E-state index is 7.54. The highest BCUT2D eigenvalue weighted by atomic mass is 16.7. The van der Waals surface area contributed by atoms with E-state index in [0.717, 1.165) is 83.2 Å². The van der Waals surface area contributed by atoms with E-state index in [2.05, 4.69) is 76.1 Å². The monoisotopic (exact) mass is 582 g/mol. The zero-order valence-electron chi connectivity index (χ0n) is 24.7. The Labute approximate surface area is 259 Å². The molecular formula is C40H26N2O3. The zero-order valence-corrected chi connectivity index (χ0v) is 24.7. The van der Waals surface area contributed by atoms with Crippen LogP contribution in [0.2, 0.25) is 0 Å². The van der Waals surface area contributed by atoms with Gasteiger partial charge in [-0.3, -0.25) is 0 Å². The molecule has 6 aromatic carbocycles. The van der Waals surface area contributed by atoms with Crippen LogP contribution in [0.1, 0.15) is 13.8 Å². The van der Waals surface area contributed by atoms with Gasteiger partial charge in [0.15, 0.2) is 5.69 Å². The first-order chi connectivity index (χ1) is 22.0. The summed E-state index contributed by atoms with van der Waals surface area (Å²) >= 11 is 0. The van der Waals surface area contributed by atoms with Crippen molar-refractivity contribution in [2.24, 2.45) is 0 Å². The van der Waals surface area contributed by atoms with E-state index in [1.165, 1.54) is 0 Å². The van der Waals surface area contributed by atoms with E-state index in [-0.39, 0.29) is 0 Å². The van der Waals surface area contributed by atoms with Gasteiger partial charge in [0, 0.05) is 58.5 Å². The van der Waals surface area contributed by atoms with Crippen molar-refractivity contribution in [2.45, 2.75) is 19.6 Å². The number of hydrogen-bond acceptors (Lipinski definition) is 3. The predicted molar refractivity (Wildman–Crippen MR) is 181 cm³/mol. The lowest BCUT2D eigenvalue weighted by Crippen LogP contribution is -2.34. The van der Waals surface area contributed by atoms with Gasteiger partial charge in [-0.1, -0.05) is 66.7 Å². The van der Waals surface area contributed by atoms with Gasteiger partial charge in [-0.25, -0.2) is 4.85 Å². The molecule has 45 heavy (non-hydrogen) atoms. The SMILES string of the molecule is [C-]#[N+]c1ccc2c(c1)c1ccccc1n2-c1ccc2c(c1)OC(C)(C)Oc1ccc(-c3cccc4c3oc3ccccc34)cc1-2. The molecule has 5 nitrogen and oxygen atoms in total. The Morgan fingerprint density at radius 3 is 2.27 bits per heavy atom. The van der Waals surface area contributed by atoms with Gasteiger partial charge in [0.2, 0.25) is 5.79 Å². The molecule has 0 radical (unpaired) electrons. The fourth-order valence-electron chi connectivity index (χ4n) is 6.79. The average molecular weight is 583 g/mol. The third-order valence-electron chi connectivity index (χ3n) is 8.71. The molecule has 9 rings (SSSR count). The Hall–Kier alpha value is -5.99. The standard InChI is InChI=1S/C40H26N2O3/c1-40(2)44-37-20-15-24(27-11-8-12-31-29-10-5-7-14-36(29)43-39(27)31)21-33(37)30-18-17-26(23-38(30)45-40)42-34-13-6-4-9-28(34)32-22-25(41-3)16-19-35(32)42/h4-23H,1-2H3. The first-order valence-electron chi connectivity index (χ1n) is 15.0. The van der Waals surface area contributed by atoms with Crippen LogP contribution < -0.4 is 9.47 Å². The molecule has 0 saturated carbocycles. The van der Waals surface area contributed by atoms with Crippen LogP contribution in [0.4, 0.5) is 5.69 Å². The predicted octanol–water partition coefficient (Wildman–Crippen LogP) is 11.1. The van der Waals surface area contributed by atoms with E-state index in [9.17, 15) is 0 Å². The summed E-state index contributed by atoms with van der Waals surface area (Å²) in [6.45, 7) is 11.4. The molecule has 3 heterocycles. The number of aromatic nitrogens is 1. The minimum Gasteiger partial charge on any atom is -0.455 e. The van der Waals surface area contributed by atoms with Gasteiger partial charge in [0.1, 0.15) is 22.7 Å². The molecule has 0 bridgehead atoms. The van der Waals surface area contributed by atoms with E-state index in [1.807, 2.05) is 68.4 Å². The molecule has 1 aliphatic heterocycles. The van der Waals surface area contributed by atoms with Crippen LogP contribution in [0.15, 0.2) is 126 Å². The van der Waals surface area contributed by atoms with Crippen LogP contribution in [0.25, 0.3) is 76.5 Å². The number of rotatable bonds is 2. The highest BCUT2D eigenvalue weighted by molar-refractivity contribution is 6.11. The molecule has 1 aliphatic rings. The van der Waals surface area contributed by atoms with Crippen LogP contribution in [-0.2, 0) is 0 Å². The van der Waals surface area contributed by atoms with E-state index in [0.29, 0.717) is 5.69 Å². The molecule has 2 aromatic heterocycles. The highest BCUT2D eigenvalue weighted by Gasteiger charge is 2.30. The van der Waals surface area contributed by atoms with Crippen molar-refractivity contribution in [3.05, 3.63) is 133 Å². The van der Waals surface area contributed by atoms with E-state index in [1.54, 1.807) is 0 Å². The largest absolute Gasteiger partial charge is 0.455 e. The summed E-state index contributed by atoms with van der Waals surface area (Å²) in [4.78, 5) is 3.67. The average Bonchev–Trinajstić information content (AvgIpc) is 3.57. The van der Waals surface area contributed by atoms with E-state index in [4.69, 9.17) is 20.5 Å². The van der Waals surface area contributed by atoms with Crippen molar-refractivity contribution >= 4 is 49.4 Å². The third-order valence-corrected chi connectivity index (χ3v) is 8.71. The lowest BCUT2D eigenvalue weighted by atomic mass is 9.96. The second kappa shape index (κ2) is 9.25. The minimum absolute atomic E-state index is 0.625. The second-order valence-corrected chi connectivity index (χ2v) is 11.9. The maximum absolute atomic E-state index is 7.54. The Morgan fingerprint density at radius 2 is 1.38 bits per heavy atom. The molecule has 0 spiro atoms. The summed E-state index contributed by atoms with van der Waals surface area (Å²) in [6, 6.07) is 41.3. The van der Waals surface area contributed by atoms with Crippen LogP contribution in [0, 0.1) is 6.57 Å². The van der Waals surface area contributed by atoms with Crippen molar-refractivity contribution in [1.29, 1.82) is 0 Å². The number of hydrogen-bond donors (Lipinski definition) is 0. The van der Waals surface area contributed by atoms with Crippen molar-refractivity contribution in [3.8, 4) is 39.4 Å². The molecule has 0 unspecified atom stereocenters. The van der Waals surface area contributed by atoms with Crippen LogP contribution in [0.3, 0.4) is 0 Å². The molecule has 5 heteroatoms. The van der Waals surface area contributed by atoms with Gasteiger partial charge in [-0.15, -0.1) is 0 Å². The maximum Gasteiger partial charge on any atom is 0.245 e. The molecule has 0 saturated heterocycles. The Balaban J connectivity index is 1.24. The summed E-state index contributed by atoms with van der Waals surface area (Å²) in [7, 11) is 0. The molecular weight excluding hydrogens is 556 g/mol. The van der Waals surface area contributed by atoms with E-state index < -0.39 is 5.79 Å². The van der Waals surface area contributed by atoms with Crippen molar-refractivity contribution in [3.63, 3.8) is 0 Å². The summed E-state index contributed by atoms with van der Waals surface area (Å²) in [5.41, 5.74) is 9.42. The van der Waals surface area contributed by atoms with Gasteiger partial charge in [0.25, 0.3) is 0 Å². The lowest BCUT2D eigenvalue weighted by molar-refractivity contribution is -0.0778. The number of benzene rings is 6. The van der Waals surface area contributed by atoms with Crippen molar-refractivity contribution in [2.75, 3.05) is 0 Å². The van der Waals surface area contributed by atoms with Crippen LogP contribution >= 0.6 is 0 Å². The lowest BCUT2D eigenvalue weighted by Gasteiger charge is -2.26. The van der Waals surface area contributed by atoms with Crippen molar-refractivity contribution < 1.29 is 13.9 Å². The fraction of sp³-hybridized carbons (Fsp3) is 0.0750. The summed E-state index contributed by atoms with van der Waals surface area (Å²) in [6.07, 6.45) is 0. The fourth-order valence-corrected chi connectivity index (χ4v) is 6.79. The summed E-state index contributed by atoms with van der Waals surface area (Å²) in [5, 5.41) is 4.36. The first-order valence-corrected chi connectivity index (χ1v) is 15.0. The first kappa shape index (κ1) is 25.5. The van der Waals surface area contributed by atoms with Crippen molar-refractivity contribution in [1.82, 2.24) is 4.57 Å². The molecule has 0 atom stereocenters. The van der Waals surface area contributed by atoms with Gasteiger partial charge in [-0.2, -0.15) is 0 Å². The van der Waals surface area contributed by atoms with Crippen LogP contribution in [-0.4, -0.2) is 10.4 Å². The number of ether oxygens (including phenoxy) is 2. The van der Waals surface area contributed by atoms with Gasteiger partial charge in [-0.05, 0) is 59.5 Å². The summed E-state index contributed by atoms with van der Waals surface area (Å²) in [5.74, 6) is 0.596. The third kappa shape index (κ3) is 3.86. The smallest absolute Gasteiger partial charge is 0.245 e.